The molecule has 0 spiro atoms. The summed E-state index contributed by atoms with van der Waals surface area (Å²) in [6.45, 7) is 1.47. The molecule has 1 fully saturated rings. The van der Waals surface area contributed by atoms with Crippen molar-refractivity contribution in [2.75, 3.05) is 23.7 Å². The molecule has 7 nitrogen and oxygen atoms in total. The molecule has 1 aromatic heterocycles. The van der Waals surface area contributed by atoms with Gasteiger partial charge in [0.2, 0.25) is 0 Å². The van der Waals surface area contributed by atoms with Gasteiger partial charge in [0.15, 0.2) is 0 Å². The third kappa shape index (κ3) is 4.42. The van der Waals surface area contributed by atoms with E-state index in [-0.39, 0.29) is 12.0 Å². The maximum absolute atomic E-state index is 11.2. The molecule has 0 unspecified atom stereocenters. The number of anilines is 2. The highest BCUT2D eigenvalue weighted by molar-refractivity contribution is 5.93. The van der Waals surface area contributed by atoms with Crippen LogP contribution in [0.1, 0.15) is 36.0 Å². The topological polar surface area (TPSA) is 117 Å². The lowest BCUT2D eigenvalue weighted by molar-refractivity contribution is -0.122. The zero-order valence-electron chi connectivity index (χ0n) is 11.2. The third-order valence-corrected chi connectivity index (χ3v) is 3.03. The second kappa shape index (κ2) is 7.98. The Morgan fingerprint density at radius 2 is 1.80 bits per heavy atom. The van der Waals surface area contributed by atoms with Crippen LogP contribution in [0.3, 0.4) is 0 Å². The first-order valence-corrected chi connectivity index (χ1v) is 6.42. The van der Waals surface area contributed by atoms with Crippen molar-refractivity contribution in [3.63, 3.8) is 0 Å². The van der Waals surface area contributed by atoms with Crippen LogP contribution >= 0.6 is 0 Å². The molecule has 7 heteroatoms. The lowest BCUT2D eigenvalue weighted by Gasteiger charge is -2.23. The highest BCUT2D eigenvalue weighted by Crippen LogP contribution is 2.23. The predicted molar refractivity (Wildman–Crippen MR) is 75.0 cm³/mol. The normalized spacial score (nSPS) is 14.7. The van der Waals surface area contributed by atoms with E-state index >= 15 is 0 Å². The lowest BCUT2D eigenvalue weighted by Crippen LogP contribution is -2.27. The molecule has 0 bridgehead atoms. The highest BCUT2D eigenvalue weighted by Gasteiger charge is 2.19. The first-order chi connectivity index (χ1) is 9.60. The van der Waals surface area contributed by atoms with Crippen LogP contribution in [-0.4, -0.2) is 40.7 Å². The number of carboxylic acid groups (broad SMARTS) is 2. The van der Waals surface area contributed by atoms with Crippen molar-refractivity contribution in [2.24, 2.45) is 0 Å². The standard InChI is InChI=1S/C12H17N3O2.CH2O2/c13-10-6-5-9(12(16)17)11(14-10)15-7-3-1-2-4-8-15;2-1-3/h5-6H,1-4,7-8H2,(H2,13,14)(H,16,17);1H,(H,2,3). The summed E-state index contributed by atoms with van der Waals surface area (Å²) in [5.74, 6) is -0.0645. The van der Waals surface area contributed by atoms with Crippen LogP contribution in [0.15, 0.2) is 12.1 Å². The second-order valence-corrected chi connectivity index (χ2v) is 4.42. The van der Waals surface area contributed by atoms with Gasteiger partial charge in [-0.25, -0.2) is 9.78 Å². The molecular weight excluding hydrogens is 262 g/mol. The molecule has 0 aliphatic carbocycles. The Labute approximate surface area is 117 Å². The summed E-state index contributed by atoms with van der Waals surface area (Å²) in [6, 6.07) is 3.07. The van der Waals surface area contributed by atoms with Crippen LogP contribution < -0.4 is 10.6 Å². The quantitative estimate of drug-likeness (QED) is 0.702. The fourth-order valence-corrected chi connectivity index (χ4v) is 2.15. The number of nitrogen functional groups attached to an aromatic ring is 1. The van der Waals surface area contributed by atoms with E-state index in [0.717, 1.165) is 25.9 Å². The molecule has 1 saturated heterocycles. The summed E-state index contributed by atoms with van der Waals surface area (Å²) < 4.78 is 0. The average Bonchev–Trinajstić information content (AvgIpc) is 2.68. The van der Waals surface area contributed by atoms with Gasteiger partial charge >= 0.3 is 5.97 Å². The fraction of sp³-hybridized carbons (Fsp3) is 0.462. The number of nitrogens with zero attached hydrogens (tertiary/aromatic N) is 2. The van der Waals surface area contributed by atoms with Crippen molar-refractivity contribution in [3.8, 4) is 0 Å². The molecule has 1 aromatic rings. The van der Waals surface area contributed by atoms with Crippen LogP contribution in [-0.2, 0) is 4.79 Å². The number of carboxylic acids is 1. The van der Waals surface area contributed by atoms with Gasteiger partial charge in [-0.15, -0.1) is 0 Å². The van der Waals surface area contributed by atoms with Gasteiger partial charge in [-0.3, -0.25) is 4.79 Å². The summed E-state index contributed by atoms with van der Waals surface area (Å²) in [6.07, 6.45) is 4.55. The van der Waals surface area contributed by atoms with Crippen LogP contribution in [0.2, 0.25) is 0 Å². The molecule has 0 aromatic carbocycles. The minimum atomic E-state index is -0.947. The van der Waals surface area contributed by atoms with Gasteiger partial charge in [-0.05, 0) is 25.0 Å². The summed E-state index contributed by atoms with van der Waals surface area (Å²) in [5, 5.41) is 16.0. The molecular formula is C13H19N3O4. The second-order valence-electron chi connectivity index (χ2n) is 4.42. The molecule has 0 amide bonds. The third-order valence-electron chi connectivity index (χ3n) is 3.03. The number of hydrogen-bond donors (Lipinski definition) is 3. The Morgan fingerprint density at radius 3 is 2.30 bits per heavy atom. The Balaban J connectivity index is 0.000000612. The Kier molecular flexibility index (Phi) is 6.28. The summed E-state index contributed by atoms with van der Waals surface area (Å²) in [7, 11) is 0. The van der Waals surface area contributed by atoms with Gasteiger partial charge in [0.1, 0.15) is 17.2 Å². The Hall–Kier alpha value is -2.31. The maximum atomic E-state index is 11.2. The van der Waals surface area contributed by atoms with Crippen LogP contribution in [0.4, 0.5) is 11.6 Å². The SMILES string of the molecule is Nc1ccc(C(=O)O)c(N2CCCCCC2)n1.O=CO. The summed E-state index contributed by atoms with van der Waals surface area (Å²) >= 11 is 0. The Morgan fingerprint density at radius 1 is 1.25 bits per heavy atom. The van der Waals surface area contributed by atoms with E-state index in [1.54, 1.807) is 0 Å². The smallest absolute Gasteiger partial charge is 0.339 e. The van der Waals surface area contributed by atoms with Gasteiger partial charge in [-0.2, -0.15) is 0 Å². The van der Waals surface area contributed by atoms with Gasteiger partial charge in [0, 0.05) is 13.1 Å². The molecule has 1 aliphatic heterocycles. The monoisotopic (exact) mass is 281 g/mol. The van der Waals surface area contributed by atoms with Crippen molar-refractivity contribution in [1.29, 1.82) is 0 Å². The zero-order valence-corrected chi connectivity index (χ0v) is 11.2. The molecule has 2 heterocycles. The van der Waals surface area contributed by atoms with Crippen molar-refractivity contribution in [2.45, 2.75) is 25.7 Å². The number of carbonyl (C=O) groups is 2. The van der Waals surface area contributed by atoms with Crippen molar-refractivity contribution >= 4 is 24.1 Å². The molecule has 0 radical (unpaired) electrons. The Bertz CT molecular complexity index is 457. The molecule has 2 rings (SSSR count). The summed E-state index contributed by atoms with van der Waals surface area (Å²) in [4.78, 5) is 25.7. The van der Waals surface area contributed by atoms with Crippen molar-refractivity contribution < 1.29 is 19.8 Å². The lowest BCUT2D eigenvalue weighted by atomic mass is 10.2. The van der Waals surface area contributed by atoms with Crippen LogP contribution in [0.5, 0.6) is 0 Å². The first kappa shape index (κ1) is 15.7. The minimum Gasteiger partial charge on any atom is -0.483 e. The average molecular weight is 281 g/mol. The molecule has 0 atom stereocenters. The molecule has 20 heavy (non-hydrogen) atoms. The largest absolute Gasteiger partial charge is 0.483 e. The number of pyridine rings is 1. The first-order valence-electron chi connectivity index (χ1n) is 6.42. The summed E-state index contributed by atoms with van der Waals surface area (Å²) in [5.41, 5.74) is 5.88. The number of aromatic nitrogens is 1. The number of aromatic carboxylic acids is 1. The minimum absolute atomic E-state index is 0.237. The predicted octanol–water partition coefficient (Wildman–Crippen LogP) is 1.44. The van der Waals surface area contributed by atoms with E-state index in [0.29, 0.717) is 11.6 Å². The highest BCUT2D eigenvalue weighted by atomic mass is 16.4. The molecule has 1 aliphatic rings. The van der Waals surface area contributed by atoms with E-state index in [9.17, 15) is 4.79 Å². The van der Waals surface area contributed by atoms with E-state index in [2.05, 4.69) is 4.98 Å². The fourth-order valence-electron chi connectivity index (χ4n) is 2.15. The van der Waals surface area contributed by atoms with Crippen molar-refractivity contribution in [1.82, 2.24) is 4.98 Å². The van der Waals surface area contributed by atoms with Gasteiger partial charge in [0.25, 0.3) is 6.47 Å². The van der Waals surface area contributed by atoms with Gasteiger partial charge < -0.3 is 20.8 Å². The van der Waals surface area contributed by atoms with E-state index in [4.69, 9.17) is 20.7 Å². The molecule has 4 N–H and O–H groups in total. The number of rotatable bonds is 2. The molecule has 0 saturated carbocycles. The molecule has 110 valence electrons. The number of nitrogens with two attached hydrogens (primary N) is 1. The zero-order chi connectivity index (χ0) is 15.0. The van der Waals surface area contributed by atoms with E-state index < -0.39 is 5.97 Å². The van der Waals surface area contributed by atoms with Gasteiger partial charge in [0.05, 0.1) is 0 Å². The van der Waals surface area contributed by atoms with E-state index in [1.165, 1.54) is 25.0 Å². The van der Waals surface area contributed by atoms with Crippen molar-refractivity contribution in [3.05, 3.63) is 17.7 Å². The van der Waals surface area contributed by atoms with Crippen LogP contribution in [0, 0.1) is 0 Å². The maximum Gasteiger partial charge on any atom is 0.339 e. The van der Waals surface area contributed by atoms with E-state index in [1.807, 2.05) is 4.90 Å². The number of hydrogen-bond acceptors (Lipinski definition) is 5. The van der Waals surface area contributed by atoms with Crippen LogP contribution in [0.25, 0.3) is 0 Å². The van der Waals surface area contributed by atoms with Gasteiger partial charge in [-0.1, -0.05) is 12.8 Å².